The van der Waals surface area contributed by atoms with Crippen LogP contribution in [0.3, 0.4) is 0 Å². The van der Waals surface area contributed by atoms with Gasteiger partial charge in [0.05, 0.1) is 5.57 Å². The van der Waals surface area contributed by atoms with E-state index in [4.69, 9.17) is 4.74 Å². The van der Waals surface area contributed by atoms with Gasteiger partial charge in [0.15, 0.2) is 0 Å². The molecule has 1 aromatic carbocycles. The van der Waals surface area contributed by atoms with Crippen LogP contribution in [0.15, 0.2) is 48.6 Å². The lowest BCUT2D eigenvalue weighted by atomic mass is 9.77. The molecule has 20 heavy (non-hydrogen) atoms. The van der Waals surface area contributed by atoms with Gasteiger partial charge in [-0.1, -0.05) is 42.8 Å². The number of carbonyl (C=O) groups excluding carboxylic acids is 1. The van der Waals surface area contributed by atoms with E-state index in [1.807, 2.05) is 36.4 Å². The molecule has 1 fully saturated rings. The monoisotopic (exact) mass is 268 g/mol. The van der Waals surface area contributed by atoms with Crippen molar-refractivity contribution in [2.75, 3.05) is 0 Å². The Hall–Kier alpha value is -1.83. The minimum absolute atomic E-state index is 0.157. The van der Waals surface area contributed by atoms with Crippen LogP contribution in [0.25, 0.3) is 5.57 Å². The fraction of sp³-hybridized carbons (Fsp3) is 0.389. The summed E-state index contributed by atoms with van der Waals surface area (Å²) in [6.45, 7) is 3.85. The van der Waals surface area contributed by atoms with Crippen molar-refractivity contribution in [1.29, 1.82) is 0 Å². The third-order valence-electron chi connectivity index (χ3n) is 4.42. The molecule has 1 aliphatic carbocycles. The molecular weight excluding hydrogens is 248 g/mol. The topological polar surface area (TPSA) is 26.3 Å². The van der Waals surface area contributed by atoms with Gasteiger partial charge in [0.25, 0.3) is 0 Å². The molecule has 1 spiro atoms. The lowest BCUT2D eigenvalue weighted by molar-refractivity contribution is -0.147. The summed E-state index contributed by atoms with van der Waals surface area (Å²) in [5.41, 5.74) is 2.53. The van der Waals surface area contributed by atoms with Gasteiger partial charge in [-0.3, -0.25) is 0 Å². The van der Waals surface area contributed by atoms with Crippen molar-refractivity contribution in [3.63, 3.8) is 0 Å². The average Bonchev–Trinajstić information content (AvgIpc) is 2.73. The second-order valence-corrected chi connectivity index (χ2v) is 5.66. The third-order valence-corrected chi connectivity index (χ3v) is 4.42. The van der Waals surface area contributed by atoms with E-state index in [0.29, 0.717) is 0 Å². The van der Waals surface area contributed by atoms with Gasteiger partial charge in [-0.15, -0.1) is 6.58 Å². The minimum atomic E-state index is -0.352. The fourth-order valence-corrected chi connectivity index (χ4v) is 3.50. The molecule has 0 unspecified atom stereocenters. The van der Waals surface area contributed by atoms with Crippen LogP contribution >= 0.6 is 0 Å². The van der Waals surface area contributed by atoms with Gasteiger partial charge in [0, 0.05) is 0 Å². The van der Waals surface area contributed by atoms with E-state index in [1.165, 1.54) is 6.42 Å². The van der Waals surface area contributed by atoms with E-state index in [1.54, 1.807) is 0 Å². The number of hydrogen-bond donors (Lipinski definition) is 0. The van der Waals surface area contributed by atoms with Gasteiger partial charge in [0.2, 0.25) is 0 Å². The Bertz CT molecular complexity index is 548. The van der Waals surface area contributed by atoms with Gasteiger partial charge in [-0.2, -0.15) is 0 Å². The zero-order valence-corrected chi connectivity index (χ0v) is 11.7. The molecule has 104 valence electrons. The summed E-state index contributed by atoms with van der Waals surface area (Å²) in [5, 5.41) is 0. The standard InChI is InChI=1S/C18H20O2/c1-2-9-15-16(14-10-5-3-6-11-14)17(19)20-18(15)12-7-4-8-13-18/h2-3,5-6,10-11H,1,4,7-9,12-13H2. The summed E-state index contributed by atoms with van der Waals surface area (Å²) in [4.78, 5) is 12.4. The molecule has 1 aromatic rings. The predicted octanol–water partition coefficient (Wildman–Crippen LogP) is 4.28. The predicted molar refractivity (Wildman–Crippen MR) is 80.1 cm³/mol. The Morgan fingerprint density at radius 3 is 2.50 bits per heavy atom. The number of hydrogen-bond acceptors (Lipinski definition) is 2. The smallest absolute Gasteiger partial charge is 0.339 e. The first-order valence-electron chi connectivity index (χ1n) is 7.40. The Morgan fingerprint density at radius 1 is 1.15 bits per heavy atom. The summed E-state index contributed by atoms with van der Waals surface area (Å²) in [6, 6.07) is 9.87. The van der Waals surface area contributed by atoms with Crippen LogP contribution in [-0.2, 0) is 9.53 Å². The van der Waals surface area contributed by atoms with Crippen molar-refractivity contribution in [1.82, 2.24) is 0 Å². The zero-order chi connectivity index (χ0) is 14.0. The molecule has 0 N–H and O–H groups in total. The number of allylic oxidation sites excluding steroid dienone is 1. The molecule has 0 aromatic heterocycles. The molecule has 0 saturated heterocycles. The van der Waals surface area contributed by atoms with Crippen LogP contribution < -0.4 is 0 Å². The maximum Gasteiger partial charge on any atom is 0.339 e. The first-order valence-corrected chi connectivity index (χ1v) is 7.40. The van der Waals surface area contributed by atoms with Crippen LogP contribution in [0, 0.1) is 0 Å². The maximum atomic E-state index is 12.4. The lowest BCUT2D eigenvalue weighted by Gasteiger charge is -2.34. The first kappa shape index (κ1) is 13.2. The second kappa shape index (κ2) is 5.28. The molecule has 1 heterocycles. The minimum Gasteiger partial charge on any atom is -0.451 e. The van der Waals surface area contributed by atoms with Crippen molar-refractivity contribution in [2.45, 2.75) is 44.1 Å². The van der Waals surface area contributed by atoms with E-state index in [-0.39, 0.29) is 11.6 Å². The maximum absolute atomic E-state index is 12.4. The van der Waals surface area contributed by atoms with E-state index < -0.39 is 0 Å². The van der Waals surface area contributed by atoms with Crippen molar-refractivity contribution in [2.24, 2.45) is 0 Å². The average molecular weight is 268 g/mol. The summed E-state index contributed by atoms with van der Waals surface area (Å²) in [7, 11) is 0. The summed E-state index contributed by atoms with van der Waals surface area (Å²) in [6.07, 6.45) is 8.04. The number of carbonyl (C=O) groups is 1. The van der Waals surface area contributed by atoms with E-state index in [9.17, 15) is 4.79 Å². The highest BCUT2D eigenvalue weighted by Gasteiger charge is 2.47. The molecule has 1 aliphatic heterocycles. The molecule has 3 rings (SSSR count). The van der Waals surface area contributed by atoms with E-state index in [0.717, 1.165) is 48.8 Å². The highest BCUT2D eigenvalue weighted by Crippen LogP contribution is 2.47. The number of ether oxygens (including phenoxy) is 1. The van der Waals surface area contributed by atoms with Crippen LogP contribution in [0.2, 0.25) is 0 Å². The highest BCUT2D eigenvalue weighted by atomic mass is 16.6. The van der Waals surface area contributed by atoms with Crippen molar-refractivity contribution in [3.05, 3.63) is 54.1 Å². The van der Waals surface area contributed by atoms with Crippen LogP contribution in [0.4, 0.5) is 0 Å². The molecule has 2 aliphatic rings. The SMILES string of the molecule is C=CCC1=C(c2ccccc2)C(=O)OC12CCCCC2. The van der Waals surface area contributed by atoms with Crippen LogP contribution in [-0.4, -0.2) is 11.6 Å². The molecule has 0 atom stereocenters. The Morgan fingerprint density at radius 2 is 1.85 bits per heavy atom. The first-order chi connectivity index (χ1) is 9.77. The number of esters is 1. The third kappa shape index (κ3) is 2.09. The lowest BCUT2D eigenvalue weighted by Crippen LogP contribution is -2.34. The van der Waals surface area contributed by atoms with Crippen LogP contribution in [0.5, 0.6) is 0 Å². The molecular formula is C18H20O2. The Labute approximate surface area is 120 Å². The summed E-state index contributed by atoms with van der Waals surface area (Å²) >= 11 is 0. The van der Waals surface area contributed by atoms with Crippen molar-refractivity contribution >= 4 is 11.5 Å². The Kier molecular flexibility index (Phi) is 3.47. The van der Waals surface area contributed by atoms with Gasteiger partial charge in [-0.05, 0) is 43.2 Å². The number of rotatable bonds is 3. The molecule has 0 radical (unpaired) electrons. The van der Waals surface area contributed by atoms with E-state index >= 15 is 0 Å². The normalized spacial score (nSPS) is 21.1. The van der Waals surface area contributed by atoms with Gasteiger partial charge in [-0.25, -0.2) is 4.79 Å². The van der Waals surface area contributed by atoms with Crippen molar-refractivity contribution in [3.8, 4) is 0 Å². The van der Waals surface area contributed by atoms with Gasteiger partial charge in [0.1, 0.15) is 5.60 Å². The second-order valence-electron chi connectivity index (χ2n) is 5.66. The zero-order valence-electron chi connectivity index (χ0n) is 11.7. The van der Waals surface area contributed by atoms with Crippen molar-refractivity contribution < 1.29 is 9.53 Å². The summed E-state index contributed by atoms with van der Waals surface area (Å²) < 4.78 is 5.86. The Balaban J connectivity index is 2.10. The molecule has 0 bridgehead atoms. The summed E-state index contributed by atoms with van der Waals surface area (Å²) in [5.74, 6) is -0.157. The quantitative estimate of drug-likeness (QED) is 0.604. The fourth-order valence-electron chi connectivity index (χ4n) is 3.50. The highest BCUT2D eigenvalue weighted by molar-refractivity contribution is 6.20. The molecule has 2 nitrogen and oxygen atoms in total. The molecule has 1 saturated carbocycles. The number of benzene rings is 1. The van der Waals surface area contributed by atoms with Crippen LogP contribution in [0.1, 0.15) is 44.1 Å². The molecule has 2 heteroatoms. The van der Waals surface area contributed by atoms with E-state index in [2.05, 4.69) is 6.58 Å². The largest absolute Gasteiger partial charge is 0.451 e. The van der Waals surface area contributed by atoms with Gasteiger partial charge < -0.3 is 4.74 Å². The molecule has 0 amide bonds. The van der Waals surface area contributed by atoms with Gasteiger partial charge >= 0.3 is 5.97 Å².